The lowest BCUT2D eigenvalue weighted by atomic mass is 9.82. The molecular weight excluding hydrogens is 466 g/mol. The van der Waals surface area contributed by atoms with Gasteiger partial charge in [0.1, 0.15) is 5.75 Å². The first-order valence-electron chi connectivity index (χ1n) is 12.2. The van der Waals surface area contributed by atoms with Gasteiger partial charge in [-0.25, -0.2) is 0 Å². The molecule has 2 heterocycles. The minimum absolute atomic E-state index is 0.0326. The third-order valence-electron chi connectivity index (χ3n) is 6.55. The molecule has 0 unspecified atom stereocenters. The quantitative estimate of drug-likeness (QED) is 0.447. The van der Waals surface area contributed by atoms with E-state index in [-0.39, 0.29) is 36.7 Å². The van der Waals surface area contributed by atoms with Crippen LogP contribution in [0.15, 0.2) is 73.1 Å². The zero-order chi connectivity index (χ0) is 26.2. The first-order chi connectivity index (χ1) is 18.0. The van der Waals surface area contributed by atoms with E-state index in [0.717, 1.165) is 28.0 Å². The maximum atomic E-state index is 13.0. The van der Waals surface area contributed by atoms with E-state index in [9.17, 15) is 9.59 Å². The number of likely N-dealkylation sites (tertiary alicyclic amines) is 1. The second kappa shape index (κ2) is 12.2. The predicted molar refractivity (Wildman–Crippen MR) is 141 cm³/mol. The highest BCUT2D eigenvalue weighted by molar-refractivity contribution is 5.86. The van der Waals surface area contributed by atoms with E-state index in [1.165, 1.54) is 4.90 Å². The molecule has 7 nitrogen and oxygen atoms in total. The summed E-state index contributed by atoms with van der Waals surface area (Å²) in [5, 5.41) is 0. The molecule has 2 aromatic carbocycles. The van der Waals surface area contributed by atoms with Crippen molar-refractivity contribution in [1.29, 1.82) is 0 Å². The number of nitrogens with zero attached hydrogens (tertiary/aromatic N) is 3. The van der Waals surface area contributed by atoms with Crippen molar-refractivity contribution in [1.82, 2.24) is 14.8 Å². The number of likely N-dealkylation sites (N-methyl/N-ethyl adjacent to an activating group) is 1. The fourth-order valence-corrected chi connectivity index (χ4v) is 4.39. The van der Waals surface area contributed by atoms with Crippen LogP contribution < -0.4 is 4.74 Å². The van der Waals surface area contributed by atoms with E-state index in [1.807, 2.05) is 42.5 Å². The number of hydrogen-bond acceptors (Lipinski definition) is 5. The van der Waals surface area contributed by atoms with E-state index < -0.39 is 0 Å². The molecule has 37 heavy (non-hydrogen) atoms. The summed E-state index contributed by atoms with van der Waals surface area (Å²) >= 11 is 0. The molecule has 0 spiro atoms. The zero-order valence-corrected chi connectivity index (χ0v) is 21.4. The minimum atomic E-state index is -0.118. The van der Waals surface area contributed by atoms with E-state index in [0.29, 0.717) is 13.2 Å². The first kappa shape index (κ1) is 25.9. The fourth-order valence-electron chi connectivity index (χ4n) is 4.39. The molecule has 0 aliphatic carbocycles. The highest BCUT2D eigenvalue weighted by Crippen LogP contribution is 2.34. The standard InChI is InChI=1S/C30H31N3O4/c1-32(29(34)17-24-7-5-15-31-18-24)20-30(35)33-19-27(28(33)21-36-2)25-13-11-22(12-14-25)9-10-23-6-4-8-26(16-23)37-3/h4-8,11-16,18,27-28H,17,19-21H2,1-3H3/t27-,28+/m1/s1. The van der Waals surface area contributed by atoms with Gasteiger partial charge in [-0.05, 0) is 47.5 Å². The van der Waals surface area contributed by atoms with Crippen molar-refractivity contribution in [3.8, 4) is 17.6 Å². The van der Waals surface area contributed by atoms with Gasteiger partial charge >= 0.3 is 0 Å². The Morgan fingerprint density at radius 2 is 1.84 bits per heavy atom. The topological polar surface area (TPSA) is 72.0 Å². The van der Waals surface area contributed by atoms with Crippen molar-refractivity contribution < 1.29 is 19.1 Å². The van der Waals surface area contributed by atoms with Gasteiger partial charge in [-0.2, -0.15) is 0 Å². The smallest absolute Gasteiger partial charge is 0.242 e. The molecule has 1 aromatic heterocycles. The van der Waals surface area contributed by atoms with Crippen LogP contribution in [0.5, 0.6) is 5.75 Å². The number of amides is 2. The summed E-state index contributed by atoms with van der Waals surface area (Å²) < 4.78 is 10.7. The highest BCUT2D eigenvalue weighted by Gasteiger charge is 2.42. The van der Waals surface area contributed by atoms with E-state index >= 15 is 0 Å². The molecule has 1 aliphatic rings. The van der Waals surface area contributed by atoms with Crippen molar-refractivity contribution in [2.24, 2.45) is 0 Å². The third kappa shape index (κ3) is 6.54. The van der Waals surface area contributed by atoms with Gasteiger partial charge in [0.05, 0.1) is 32.7 Å². The first-order valence-corrected chi connectivity index (χ1v) is 12.2. The van der Waals surface area contributed by atoms with Crippen LogP contribution in [0.1, 0.15) is 28.2 Å². The third-order valence-corrected chi connectivity index (χ3v) is 6.55. The normalized spacial score (nSPS) is 16.2. The number of carbonyl (C=O) groups excluding carboxylic acids is 2. The number of methoxy groups -OCH3 is 2. The number of carbonyl (C=O) groups is 2. The predicted octanol–water partition coefficient (Wildman–Crippen LogP) is 3.13. The number of hydrogen-bond donors (Lipinski definition) is 0. The summed E-state index contributed by atoms with van der Waals surface area (Å²) in [6.07, 6.45) is 3.55. The van der Waals surface area contributed by atoms with Gasteiger partial charge in [0, 0.05) is 50.1 Å². The Bertz CT molecular complexity index is 1280. The van der Waals surface area contributed by atoms with Crippen molar-refractivity contribution in [2.45, 2.75) is 18.4 Å². The fraction of sp³-hybridized carbons (Fsp3) is 0.300. The van der Waals surface area contributed by atoms with Crippen molar-refractivity contribution in [2.75, 3.05) is 41.0 Å². The van der Waals surface area contributed by atoms with Crippen LogP contribution in [0.4, 0.5) is 0 Å². The van der Waals surface area contributed by atoms with Crippen LogP contribution in [-0.4, -0.2) is 73.6 Å². The molecule has 0 saturated carbocycles. The zero-order valence-electron chi connectivity index (χ0n) is 21.4. The van der Waals surface area contributed by atoms with Crippen molar-refractivity contribution in [3.05, 3.63) is 95.3 Å². The molecule has 0 N–H and O–H groups in total. The highest BCUT2D eigenvalue weighted by atomic mass is 16.5. The molecule has 2 atom stereocenters. The van der Waals surface area contributed by atoms with E-state index in [2.05, 4.69) is 29.0 Å². The minimum Gasteiger partial charge on any atom is -0.497 e. The Labute approximate surface area is 218 Å². The Morgan fingerprint density at radius 3 is 2.54 bits per heavy atom. The van der Waals surface area contributed by atoms with Crippen LogP contribution in [0.3, 0.4) is 0 Å². The molecule has 1 fully saturated rings. The SMILES string of the molecule is COC[C@H]1[C@@H](c2ccc(C#Cc3cccc(OC)c3)cc2)CN1C(=O)CN(C)C(=O)Cc1cccnc1. The molecular formula is C30H31N3O4. The van der Waals surface area contributed by atoms with Gasteiger partial charge < -0.3 is 19.3 Å². The van der Waals surface area contributed by atoms with Gasteiger partial charge in [-0.15, -0.1) is 0 Å². The van der Waals surface area contributed by atoms with Crippen LogP contribution >= 0.6 is 0 Å². The maximum absolute atomic E-state index is 13.0. The summed E-state index contributed by atoms with van der Waals surface area (Å²) in [6, 6.07) is 19.4. The second-order valence-electron chi connectivity index (χ2n) is 9.07. The molecule has 2 amide bonds. The number of ether oxygens (including phenoxy) is 2. The Kier molecular flexibility index (Phi) is 8.55. The molecule has 190 valence electrons. The van der Waals surface area contributed by atoms with E-state index in [1.54, 1.807) is 44.6 Å². The van der Waals surface area contributed by atoms with E-state index in [4.69, 9.17) is 9.47 Å². The molecule has 3 aromatic rings. The molecule has 4 rings (SSSR count). The summed E-state index contributed by atoms with van der Waals surface area (Å²) in [5.74, 6) is 7.10. The molecule has 1 saturated heterocycles. The number of pyridine rings is 1. The average molecular weight is 498 g/mol. The Morgan fingerprint density at radius 1 is 1.05 bits per heavy atom. The van der Waals surface area contributed by atoms with Crippen LogP contribution in [0.2, 0.25) is 0 Å². The lowest BCUT2D eigenvalue weighted by Gasteiger charge is -2.48. The Hall–Kier alpha value is -4.15. The van der Waals surface area contributed by atoms with Gasteiger partial charge in [0.2, 0.25) is 11.8 Å². The second-order valence-corrected chi connectivity index (χ2v) is 9.07. The average Bonchev–Trinajstić information content (AvgIpc) is 2.91. The molecule has 0 radical (unpaired) electrons. The van der Waals surface area contributed by atoms with Gasteiger partial charge in [0.15, 0.2) is 0 Å². The summed E-state index contributed by atoms with van der Waals surface area (Å²) in [6.45, 7) is 1.05. The molecule has 7 heteroatoms. The largest absolute Gasteiger partial charge is 0.497 e. The Balaban J connectivity index is 1.36. The number of aromatic nitrogens is 1. The lowest BCUT2D eigenvalue weighted by Crippen LogP contribution is -2.61. The van der Waals surface area contributed by atoms with Gasteiger partial charge in [-0.1, -0.05) is 36.1 Å². The monoisotopic (exact) mass is 497 g/mol. The number of rotatable bonds is 8. The van der Waals surface area contributed by atoms with Crippen LogP contribution in [0, 0.1) is 11.8 Å². The maximum Gasteiger partial charge on any atom is 0.242 e. The van der Waals surface area contributed by atoms with Gasteiger partial charge in [-0.3, -0.25) is 14.6 Å². The van der Waals surface area contributed by atoms with Crippen LogP contribution in [-0.2, 0) is 20.7 Å². The van der Waals surface area contributed by atoms with Crippen LogP contribution in [0.25, 0.3) is 0 Å². The summed E-state index contributed by atoms with van der Waals surface area (Å²) in [4.78, 5) is 32.9. The summed E-state index contributed by atoms with van der Waals surface area (Å²) in [7, 11) is 4.93. The van der Waals surface area contributed by atoms with Crippen molar-refractivity contribution in [3.63, 3.8) is 0 Å². The van der Waals surface area contributed by atoms with Gasteiger partial charge in [0.25, 0.3) is 0 Å². The van der Waals surface area contributed by atoms with Crippen molar-refractivity contribution >= 4 is 11.8 Å². The lowest BCUT2D eigenvalue weighted by molar-refractivity contribution is -0.147. The summed E-state index contributed by atoms with van der Waals surface area (Å²) in [5.41, 5.74) is 3.76. The molecule has 0 bridgehead atoms. The molecule has 1 aliphatic heterocycles. The number of benzene rings is 2.